The Morgan fingerprint density at radius 3 is 2.67 bits per heavy atom. The molecule has 0 aromatic heterocycles. The molecule has 0 heterocycles. The van der Waals surface area contributed by atoms with Crippen LogP contribution < -0.4 is 4.74 Å². The summed E-state index contributed by atoms with van der Waals surface area (Å²) in [5.74, 6) is 1.61. The lowest BCUT2D eigenvalue weighted by Gasteiger charge is -2.13. The van der Waals surface area contributed by atoms with E-state index >= 15 is 0 Å². The van der Waals surface area contributed by atoms with Crippen molar-refractivity contribution >= 4 is 5.78 Å². The minimum atomic E-state index is 0.267. The predicted octanol–water partition coefficient (Wildman–Crippen LogP) is 3.94. The van der Waals surface area contributed by atoms with Crippen LogP contribution in [0.25, 0.3) is 0 Å². The van der Waals surface area contributed by atoms with Gasteiger partial charge >= 0.3 is 0 Å². The first-order chi connectivity index (χ1) is 8.52. The number of ketones is 1. The molecule has 1 aromatic carbocycles. The fourth-order valence-electron chi connectivity index (χ4n) is 2.15. The highest BCUT2D eigenvalue weighted by Crippen LogP contribution is 2.21. The number of ether oxygens (including phenoxy) is 1. The van der Waals surface area contributed by atoms with E-state index in [1.165, 1.54) is 11.1 Å². The van der Waals surface area contributed by atoms with Crippen molar-refractivity contribution in [2.75, 3.05) is 6.61 Å². The summed E-state index contributed by atoms with van der Waals surface area (Å²) in [5.41, 5.74) is 2.56. The second kappa shape index (κ2) is 7.20. The molecule has 1 rings (SSSR count). The predicted molar refractivity (Wildman–Crippen MR) is 75.1 cm³/mol. The van der Waals surface area contributed by atoms with E-state index < -0.39 is 0 Å². The van der Waals surface area contributed by atoms with Gasteiger partial charge in [-0.2, -0.15) is 0 Å². The molecule has 0 aliphatic rings. The normalized spacial score (nSPS) is 12.2. The third kappa shape index (κ3) is 4.91. The number of carbonyl (C=O) groups excluding carboxylic acids is 1. The van der Waals surface area contributed by atoms with Crippen LogP contribution in [0, 0.1) is 12.8 Å². The van der Waals surface area contributed by atoms with Crippen molar-refractivity contribution in [3.63, 3.8) is 0 Å². The van der Waals surface area contributed by atoms with Crippen molar-refractivity contribution in [1.29, 1.82) is 0 Å². The second-order valence-corrected chi connectivity index (χ2v) is 5.15. The topological polar surface area (TPSA) is 26.3 Å². The number of rotatable bonds is 7. The second-order valence-electron chi connectivity index (χ2n) is 5.15. The van der Waals surface area contributed by atoms with Crippen molar-refractivity contribution in [3.8, 4) is 5.75 Å². The fourth-order valence-corrected chi connectivity index (χ4v) is 2.15. The van der Waals surface area contributed by atoms with E-state index in [-0.39, 0.29) is 5.78 Å². The number of aryl methyl sites for hydroxylation is 1. The van der Waals surface area contributed by atoms with Gasteiger partial charge < -0.3 is 9.53 Å². The highest BCUT2D eigenvalue weighted by molar-refractivity contribution is 5.75. The van der Waals surface area contributed by atoms with Gasteiger partial charge in [-0.3, -0.25) is 0 Å². The Kier molecular flexibility index (Phi) is 5.90. The summed E-state index contributed by atoms with van der Waals surface area (Å²) >= 11 is 0. The Morgan fingerprint density at radius 2 is 2.11 bits per heavy atom. The molecule has 2 heteroatoms. The van der Waals surface area contributed by atoms with Crippen LogP contribution in [0.1, 0.15) is 44.7 Å². The van der Waals surface area contributed by atoms with Gasteiger partial charge in [-0.25, -0.2) is 0 Å². The molecule has 1 unspecified atom stereocenters. The molecule has 0 amide bonds. The van der Waals surface area contributed by atoms with Gasteiger partial charge in [0.1, 0.15) is 11.5 Å². The molecule has 0 spiro atoms. The van der Waals surface area contributed by atoms with Crippen LogP contribution in [0.5, 0.6) is 5.75 Å². The largest absolute Gasteiger partial charge is 0.494 e. The van der Waals surface area contributed by atoms with Crippen LogP contribution in [0.3, 0.4) is 0 Å². The maximum atomic E-state index is 11.1. The van der Waals surface area contributed by atoms with Gasteiger partial charge in [0.2, 0.25) is 0 Å². The SMILES string of the molecule is CCCOc1ccc(CC(C)CC(C)=O)c(C)c1. The molecule has 0 bridgehead atoms. The highest BCUT2D eigenvalue weighted by Gasteiger charge is 2.09. The monoisotopic (exact) mass is 248 g/mol. The van der Waals surface area contributed by atoms with Crippen molar-refractivity contribution in [1.82, 2.24) is 0 Å². The molecule has 18 heavy (non-hydrogen) atoms. The summed E-state index contributed by atoms with van der Waals surface area (Å²) in [4.78, 5) is 11.1. The zero-order valence-corrected chi connectivity index (χ0v) is 12.0. The Bertz CT molecular complexity index is 396. The smallest absolute Gasteiger partial charge is 0.130 e. The Labute approximate surface area is 110 Å². The number of benzene rings is 1. The van der Waals surface area contributed by atoms with Crippen LogP contribution in [0.15, 0.2) is 18.2 Å². The Morgan fingerprint density at radius 1 is 1.39 bits per heavy atom. The highest BCUT2D eigenvalue weighted by atomic mass is 16.5. The van der Waals surface area contributed by atoms with Gasteiger partial charge in [0.25, 0.3) is 0 Å². The maximum Gasteiger partial charge on any atom is 0.130 e. The van der Waals surface area contributed by atoms with Crippen molar-refractivity contribution in [2.45, 2.75) is 47.0 Å². The van der Waals surface area contributed by atoms with E-state index in [0.717, 1.165) is 25.2 Å². The zero-order valence-electron chi connectivity index (χ0n) is 12.0. The van der Waals surface area contributed by atoms with Crippen molar-refractivity contribution in [3.05, 3.63) is 29.3 Å². The molecule has 0 fully saturated rings. The first-order valence-electron chi connectivity index (χ1n) is 6.74. The van der Waals surface area contributed by atoms with Gasteiger partial charge in [0.15, 0.2) is 0 Å². The van der Waals surface area contributed by atoms with Gasteiger partial charge in [-0.15, -0.1) is 0 Å². The fraction of sp³-hybridized carbons (Fsp3) is 0.562. The third-order valence-corrected chi connectivity index (χ3v) is 2.99. The number of hydrogen-bond acceptors (Lipinski definition) is 2. The molecule has 100 valence electrons. The number of hydrogen-bond donors (Lipinski definition) is 0. The van der Waals surface area contributed by atoms with Crippen LogP contribution >= 0.6 is 0 Å². The molecular formula is C16H24O2. The van der Waals surface area contributed by atoms with E-state index in [1.807, 2.05) is 6.07 Å². The molecule has 1 atom stereocenters. The first kappa shape index (κ1) is 14.7. The summed E-state index contributed by atoms with van der Waals surface area (Å²) in [6.45, 7) is 8.76. The van der Waals surface area contributed by atoms with Crippen LogP contribution in [0.2, 0.25) is 0 Å². The van der Waals surface area contributed by atoms with Gasteiger partial charge in [0, 0.05) is 6.42 Å². The summed E-state index contributed by atoms with van der Waals surface area (Å²) in [6, 6.07) is 6.24. The molecule has 0 radical (unpaired) electrons. The average Bonchev–Trinajstić information content (AvgIpc) is 2.28. The van der Waals surface area contributed by atoms with Gasteiger partial charge in [-0.1, -0.05) is 19.9 Å². The average molecular weight is 248 g/mol. The van der Waals surface area contributed by atoms with Crippen molar-refractivity contribution in [2.24, 2.45) is 5.92 Å². The molecule has 2 nitrogen and oxygen atoms in total. The molecule has 0 saturated heterocycles. The maximum absolute atomic E-state index is 11.1. The van der Waals surface area contributed by atoms with E-state index in [4.69, 9.17) is 4.74 Å². The number of Topliss-reactive ketones (excluding diaryl/α,β-unsaturated/α-hetero) is 1. The van der Waals surface area contributed by atoms with Gasteiger partial charge in [0.05, 0.1) is 6.61 Å². The Hall–Kier alpha value is -1.31. The molecular weight excluding hydrogens is 224 g/mol. The molecule has 0 aliphatic carbocycles. The van der Waals surface area contributed by atoms with Crippen LogP contribution in [0.4, 0.5) is 0 Å². The third-order valence-electron chi connectivity index (χ3n) is 2.99. The van der Waals surface area contributed by atoms with E-state index in [2.05, 4.69) is 32.9 Å². The van der Waals surface area contributed by atoms with Crippen LogP contribution in [-0.2, 0) is 11.2 Å². The zero-order chi connectivity index (χ0) is 13.5. The minimum Gasteiger partial charge on any atom is -0.494 e. The Balaban J connectivity index is 2.64. The lowest BCUT2D eigenvalue weighted by molar-refractivity contribution is -0.117. The van der Waals surface area contributed by atoms with E-state index in [0.29, 0.717) is 12.3 Å². The molecule has 1 aromatic rings. The summed E-state index contributed by atoms with van der Waals surface area (Å²) < 4.78 is 5.61. The quantitative estimate of drug-likeness (QED) is 0.730. The summed E-state index contributed by atoms with van der Waals surface area (Å²) in [5, 5.41) is 0. The molecule has 0 saturated carbocycles. The lowest BCUT2D eigenvalue weighted by Crippen LogP contribution is -2.06. The molecule has 0 aliphatic heterocycles. The summed E-state index contributed by atoms with van der Waals surface area (Å²) in [7, 11) is 0. The van der Waals surface area contributed by atoms with E-state index in [9.17, 15) is 4.79 Å². The first-order valence-corrected chi connectivity index (χ1v) is 6.74. The lowest BCUT2D eigenvalue weighted by atomic mass is 9.94. The van der Waals surface area contributed by atoms with E-state index in [1.54, 1.807) is 6.92 Å². The summed E-state index contributed by atoms with van der Waals surface area (Å²) in [6.07, 6.45) is 2.64. The minimum absolute atomic E-state index is 0.267. The van der Waals surface area contributed by atoms with Gasteiger partial charge in [-0.05, 0) is 55.9 Å². The van der Waals surface area contributed by atoms with Crippen LogP contribution in [-0.4, -0.2) is 12.4 Å². The van der Waals surface area contributed by atoms with Crippen molar-refractivity contribution < 1.29 is 9.53 Å². The molecule has 0 N–H and O–H groups in total. The number of carbonyl (C=O) groups is 1. The standard InChI is InChI=1S/C16H24O2/c1-5-8-18-16-7-6-15(13(3)11-16)10-12(2)9-14(4)17/h6-7,11-12H,5,8-10H2,1-4H3.